The van der Waals surface area contributed by atoms with Gasteiger partial charge in [0.05, 0.1) is 4.88 Å². The Balaban J connectivity index is 0.000000810. The number of aromatic amines is 1. The Bertz CT molecular complexity index is 190. The number of rotatable bonds is 2. The second kappa shape index (κ2) is 4.66. The molecule has 0 aliphatic rings. The van der Waals surface area contributed by atoms with Gasteiger partial charge in [0.15, 0.2) is 6.20 Å². The molecule has 0 spiro atoms. The van der Waals surface area contributed by atoms with Gasteiger partial charge >= 0.3 is 0 Å². The minimum absolute atomic E-state index is 0. The van der Waals surface area contributed by atoms with E-state index in [0.29, 0.717) is 0 Å². The summed E-state index contributed by atoms with van der Waals surface area (Å²) in [5.41, 5.74) is 0. The van der Waals surface area contributed by atoms with Gasteiger partial charge in [0.25, 0.3) is 0 Å². The molecule has 0 radical (unpaired) electrons. The van der Waals surface area contributed by atoms with Crippen LogP contribution in [0.25, 0.3) is 0 Å². The minimum Gasteiger partial charge on any atom is -1.00 e. The largest absolute Gasteiger partial charge is 1.00 e. The highest BCUT2D eigenvalue weighted by Crippen LogP contribution is 2.07. The van der Waals surface area contributed by atoms with Crippen LogP contribution < -0.4 is 17.4 Å². The Morgan fingerprint density at radius 1 is 1.70 bits per heavy atom. The molecule has 0 amide bonds. The van der Waals surface area contributed by atoms with Crippen molar-refractivity contribution in [2.75, 3.05) is 6.61 Å². The quantitative estimate of drug-likeness (QED) is 0.532. The maximum Gasteiger partial charge on any atom is 0.232 e. The molecule has 2 nitrogen and oxygen atoms in total. The zero-order valence-corrected chi connectivity index (χ0v) is 7.30. The van der Waals surface area contributed by atoms with Crippen LogP contribution in [0.4, 0.5) is 0 Å². The van der Waals surface area contributed by atoms with Crippen molar-refractivity contribution in [1.82, 2.24) is 0 Å². The number of hydrogen-bond donors (Lipinski definition) is 1. The summed E-state index contributed by atoms with van der Waals surface area (Å²) in [5, 5.41) is 9.71. The fourth-order valence-electron chi connectivity index (χ4n) is 0.671. The summed E-state index contributed by atoms with van der Waals surface area (Å²) in [6, 6.07) is 0. The second-order valence-corrected chi connectivity index (χ2v) is 3.23. The molecule has 0 fully saturated rings. The lowest BCUT2D eigenvalue weighted by atomic mass is 10.4. The van der Waals surface area contributed by atoms with E-state index in [2.05, 4.69) is 4.98 Å². The fraction of sp³-hybridized carbons (Fsp3) is 0.500. The first kappa shape index (κ1) is 9.88. The van der Waals surface area contributed by atoms with Gasteiger partial charge in [-0.3, -0.25) is 0 Å². The SMILES string of the molecule is Cc1[nH+]cc(CCO)s1.[Cl-]. The lowest BCUT2D eigenvalue weighted by Crippen LogP contribution is -3.00. The van der Waals surface area contributed by atoms with Crippen molar-refractivity contribution in [3.05, 3.63) is 16.1 Å². The summed E-state index contributed by atoms with van der Waals surface area (Å²) < 4.78 is 0. The summed E-state index contributed by atoms with van der Waals surface area (Å²) in [4.78, 5) is 4.28. The third-order valence-corrected chi connectivity index (χ3v) is 2.09. The van der Waals surface area contributed by atoms with Gasteiger partial charge in [0.1, 0.15) is 0 Å². The van der Waals surface area contributed by atoms with Crippen LogP contribution in [0.5, 0.6) is 0 Å². The van der Waals surface area contributed by atoms with E-state index in [1.54, 1.807) is 11.3 Å². The van der Waals surface area contributed by atoms with Crippen LogP contribution >= 0.6 is 11.3 Å². The van der Waals surface area contributed by atoms with E-state index in [4.69, 9.17) is 5.11 Å². The average Bonchev–Trinajstić information content (AvgIpc) is 2.17. The summed E-state index contributed by atoms with van der Waals surface area (Å²) >= 11 is 1.70. The molecule has 0 atom stereocenters. The van der Waals surface area contributed by atoms with E-state index >= 15 is 0 Å². The Morgan fingerprint density at radius 2 is 2.40 bits per heavy atom. The highest BCUT2D eigenvalue weighted by atomic mass is 35.5. The molecule has 0 aliphatic carbocycles. The van der Waals surface area contributed by atoms with Crippen molar-refractivity contribution in [3.63, 3.8) is 0 Å². The van der Waals surface area contributed by atoms with Crippen molar-refractivity contribution in [1.29, 1.82) is 0 Å². The zero-order valence-electron chi connectivity index (χ0n) is 5.72. The van der Waals surface area contributed by atoms with Gasteiger partial charge in [0, 0.05) is 20.0 Å². The van der Waals surface area contributed by atoms with E-state index in [1.807, 2.05) is 13.1 Å². The topological polar surface area (TPSA) is 34.4 Å². The lowest BCUT2D eigenvalue weighted by Gasteiger charge is -1.81. The predicted molar refractivity (Wildman–Crippen MR) is 36.4 cm³/mol. The Labute approximate surface area is 70.3 Å². The number of nitrogens with one attached hydrogen (secondary N) is 1. The minimum atomic E-state index is 0. The second-order valence-electron chi connectivity index (χ2n) is 1.89. The van der Waals surface area contributed by atoms with E-state index in [0.717, 1.165) is 6.42 Å². The average molecular weight is 180 g/mol. The number of hydrogen-bond acceptors (Lipinski definition) is 2. The number of halogens is 1. The van der Waals surface area contributed by atoms with Crippen molar-refractivity contribution in [2.45, 2.75) is 13.3 Å². The van der Waals surface area contributed by atoms with E-state index in [9.17, 15) is 0 Å². The first-order valence-corrected chi connectivity index (χ1v) is 3.72. The molecule has 0 saturated carbocycles. The molecular formula is C6H10ClNOS. The Hall–Kier alpha value is -0.120. The first-order chi connectivity index (χ1) is 4.33. The maximum absolute atomic E-state index is 8.52. The molecule has 4 heteroatoms. The monoisotopic (exact) mass is 179 g/mol. The molecule has 0 bridgehead atoms. The van der Waals surface area contributed by atoms with E-state index in [-0.39, 0.29) is 19.0 Å². The molecule has 2 N–H and O–H groups in total. The van der Waals surface area contributed by atoms with Gasteiger partial charge in [-0.1, -0.05) is 11.3 Å². The van der Waals surface area contributed by atoms with Crippen LogP contribution in [0.1, 0.15) is 9.88 Å². The Kier molecular flexibility index (Phi) is 4.60. The van der Waals surface area contributed by atoms with Gasteiger partial charge in [0.2, 0.25) is 5.01 Å². The van der Waals surface area contributed by atoms with Crippen LogP contribution in [0, 0.1) is 6.92 Å². The molecule has 0 saturated heterocycles. The van der Waals surface area contributed by atoms with Crippen LogP contribution in [0.15, 0.2) is 6.20 Å². The molecule has 58 valence electrons. The predicted octanol–water partition coefficient (Wildman–Crippen LogP) is -2.59. The van der Waals surface area contributed by atoms with Crippen LogP contribution in [-0.2, 0) is 6.42 Å². The number of aliphatic hydroxyl groups is 1. The van der Waals surface area contributed by atoms with E-state index in [1.165, 1.54) is 9.88 Å². The van der Waals surface area contributed by atoms with Gasteiger partial charge in [-0.05, 0) is 0 Å². The molecule has 1 rings (SSSR count). The standard InChI is InChI=1S/C6H9NOS.ClH/c1-5-7-4-6(9-5)2-3-8;/h4,8H,2-3H2,1H3;1H. The van der Waals surface area contributed by atoms with Crippen molar-refractivity contribution in [2.24, 2.45) is 0 Å². The molecule has 0 aromatic carbocycles. The van der Waals surface area contributed by atoms with Crippen molar-refractivity contribution in [3.8, 4) is 0 Å². The van der Waals surface area contributed by atoms with Crippen molar-refractivity contribution >= 4 is 11.3 Å². The summed E-state index contributed by atoms with van der Waals surface area (Å²) in [6.07, 6.45) is 2.71. The maximum atomic E-state index is 8.52. The van der Waals surface area contributed by atoms with Gasteiger partial charge < -0.3 is 17.5 Å². The molecule has 1 aromatic rings. The molecule has 0 aliphatic heterocycles. The first-order valence-electron chi connectivity index (χ1n) is 2.91. The zero-order chi connectivity index (χ0) is 6.69. The van der Waals surface area contributed by atoms with Gasteiger partial charge in [-0.2, -0.15) is 0 Å². The fourth-order valence-corrected chi connectivity index (χ4v) is 1.49. The van der Waals surface area contributed by atoms with Crippen LogP contribution in [-0.4, -0.2) is 11.7 Å². The molecule has 1 aromatic heterocycles. The molecule has 0 unspecified atom stereocenters. The molecule has 1 heterocycles. The third kappa shape index (κ3) is 2.64. The highest BCUT2D eigenvalue weighted by Gasteiger charge is 2.00. The van der Waals surface area contributed by atoms with Crippen LogP contribution in [0.2, 0.25) is 0 Å². The lowest BCUT2D eigenvalue weighted by molar-refractivity contribution is -0.380. The number of H-pyrrole nitrogens is 1. The number of thiazole rings is 1. The van der Waals surface area contributed by atoms with Crippen molar-refractivity contribution < 1.29 is 22.5 Å². The summed E-state index contributed by atoms with van der Waals surface area (Å²) in [5.74, 6) is 0. The third-order valence-electron chi connectivity index (χ3n) is 1.08. The molecule has 10 heavy (non-hydrogen) atoms. The number of aromatic nitrogens is 1. The number of aryl methyl sites for hydroxylation is 1. The smallest absolute Gasteiger partial charge is 0.232 e. The Morgan fingerprint density at radius 3 is 2.80 bits per heavy atom. The van der Waals surface area contributed by atoms with Crippen LogP contribution in [0.3, 0.4) is 0 Å². The van der Waals surface area contributed by atoms with E-state index < -0.39 is 0 Å². The summed E-state index contributed by atoms with van der Waals surface area (Å²) in [6.45, 7) is 2.26. The summed E-state index contributed by atoms with van der Waals surface area (Å²) in [7, 11) is 0. The normalized spacial score (nSPS) is 9.00. The van der Waals surface area contributed by atoms with Gasteiger partial charge in [-0.25, -0.2) is 4.98 Å². The van der Waals surface area contributed by atoms with Gasteiger partial charge in [-0.15, -0.1) is 0 Å². The highest BCUT2D eigenvalue weighted by molar-refractivity contribution is 7.11. The molecular weight excluding hydrogens is 170 g/mol. The number of aliphatic hydroxyl groups excluding tert-OH is 1.